The molecule has 1 aromatic carbocycles. The Hall–Kier alpha value is -2.90. The van der Waals surface area contributed by atoms with E-state index in [2.05, 4.69) is 15.5 Å². The first-order valence-corrected chi connectivity index (χ1v) is 6.90. The largest absolute Gasteiger partial charge is 0.328 e. The number of nitrogens with zero attached hydrogens (tertiary/aromatic N) is 5. The predicted molar refractivity (Wildman–Crippen MR) is 78.0 cm³/mol. The molecular weight excluding hydrogens is 284 g/mol. The van der Waals surface area contributed by atoms with E-state index in [0.717, 1.165) is 5.56 Å². The maximum absolute atomic E-state index is 12.2. The summed E-state index contributed by atoms with van der Waals surface area (Å²) < 4.78 is 1.84. The summed E-state index contributed by atoms with van der Waals surface area (Å²) >= 11 is 0. The average molecular weight is 298 g/mol. The van der Waals surface area contributed by atoms with Gasteiger partial charge in [0, 0.05) is 19.7 Å². The second kappa shape index (κ2) is 4.30. The molecule has 1 N–H and O–H groups in total. The Kier molecular flexibility index (Phi) is 2.50. The van der Waals surface area contributed by atoms with Crippen molar-refractivity contribution in [3.63, 3.8) is 0 Å². The van der Waals surface area contributed by atoms with Crippen LogP contribution in [0.1, 0.15) is 6.17 Å². The molecule has 2 aliphatic heterocycles. The molecule has 2 atom stereocenters. The molecule has 8 heteroatoms. The Morgan fingerprint density at radius 2 is 1.77 bits per heavy atom. The van der Waals surface area contributed by atoms with Crippen molar-refractivity contribution in [2.75, 3.05) is 19.0 Å². The molecule has 1 fully saturated rings. The Morgan fingerprint density at radius 3 is 2.50 bits per heavy atom. The van der Waals surface area contributed by atoms with Crippen LogP contribution in [0.2, 0.25) is 0 Å². The summed E-state index contributed by atoms with van der Waals surface area (Å²) in [7, 11) is 3.44. The fourth-order valence-corrected chi connectivity index (χ4v) is 3.10. The number of carbonyl (C=O) groups excluding carboxylic acids is 2. The number of imide groups is 1. The molecule has 0 radical (unpaired) electrons. The third-order valence-electron chi connectivity index (χ3n) is 4.21. The van der Waals surface area contributed by atoms with Crippen molar-refractivity contribution < 1.29 is 9.59 Å². The summed E-state index contributed by atoms with van der Waals surface area (Å²) in [6.07, 6.45) is -0.452. The van der Waals surface area contributed by atoms with Gasteiger partial charge in [0.15, 0.2) is 11.9 Å². The molecule has 0 spiro atoms. The maximum Gasteiger partial charge on any atom is 0.325 e. The van der Waals surface area contributed by atoms with E-state index in [-0.39, 0.29) is 5.91 Å². The van der Waals surface area contributed by atoms with Crippen LogP contribution in [-0.4, -0.2) is 51.7 Å². The maximum atomic E-state index is 12.2. The van der Waals surface area contributed by atoms with Crippen LogP contribution in [0, 0.1) is 0 Å². The molecule has 2 unspecified atom stereocenters. The summed E-state index contributed by atoms with van der Waals surface area (Å²) in [6, 6.07) is 8.68. The predicted octanol–water partition coefficient (Wildman–Crippen LogP) is 0.444. The highest BCUT2D eigenvalue weighted by molar-refractivity contribution is 6.02. The van der Waals surface area contributed by atoms with Crippen LogP contribution < -0.4 is 10.2 Å². The summed E-state index contributed by atoms with van der Waals surface area (Å²) in [6.45, 7) is 0. The minimum Gasteiger partial charge on any atom is -0.328 e. The van der Waals surface area contributed by atoms with E-state index in [1.54, 1.807) is 19.0 Å². The number of anilines is 1. The summed E-state index contributed by atoms with van der Waals surface area (Å²) in [5.41, 5.74) is 0.891. The molecule has 2 aliphatic rings. The van der Waals surface area contributed by atoms with E-state index >= 15 is 0 Å². The highest BCUT2D eigenvalue weighted by Crippen LogP contribution is 2.39. The lowest BCUT2D eigenvalue weighted by atomic mass is 10.1. The minimum atomic E-state index is -0.504. The zero-order chi connectivity index (χ0) is 15.4. The first-order chi connectivity index (χ1) is 10.6. The van der Waals surface area contributed by atoms with Gasteiger partial charge in [-0.3, -0.25) is 14.7 Å². The van der Waals surface area contributed by atoms with Crippen LogP contribution in [0.3, 0.4) is 0 Å². The topological polar surface area (TPSA) is 83.4 Å². The van der Waals surface area contributed by atoms with E-state index in [4.69, 9.17) is 0 Å². The number of hydrogen-bond donors (Lipinski definition) is 1. The smallest absolute Gasteiger partial charge is 0.325 e. The van der Waals surface area contributed by atoms with Crippen molar-refractivity contribution in [1.29, 1.82) is 0 Å². The van der Waals surface area contributed by atoms with Gasteiger partial charge in [-0.2, -0.15) is 0 Å². The average Bonchev–Trinajstić information content (AvgIpc) is 3.06. The van der Waals surface area contributed by atoms with Crippen LogP contribution in [0.25, 0.3) is 11.4 Å². The normalized spacial score (nSPS) is 23.4. The Balaban J connectivity index is 1.90. The van der Waals surface area contributed by atoms with E-state index in [1.165, 1.54) is 4.90 Å². The van der Waals surface area contributed by atoms with Crippen molar-refractivity contribution >= 4 is 17.9 Å². The van der Waals surface area contributed by atoms with Crippen LogP contribution in [0.15, 0.2) is 30.3 Å². The molecule has 22 heavy (non-hydrogen) atoms. The molecule has 8 nitrogen and oxygen atoms in total. The number of carbonyl (C=O) groups is 2. The molecule has 3 amide bonds. The Bertz CT molecular complexity index is 771. The standard InChI is InChI=1S/C14H14N6O2/c1-18-9-11(21)15-14(22)19(2)12(9)20-10(16-17-13(18)20)8-6-4-3-5-7-8/h3-7,9,12H,1-2H3,(H,15,21,22). The number of hydrogen-bond acceptors (Lipinski definition) is 5. The van der Waals surface area contributed by atoms with Crippen LogP contribution in [0.4, 0.5) is 10.7 Å². The van der Waals surface area contributed by atoms with Gasteiger partial charge in [0.25, 0.3) is 5.91 Å². The second-order valence-corrected chi connectivity index (χ2v) is 5.43. The van der Waals surface area contributed by atoms with Gasteiger partial charge in [0.2, 0.25) is 5.95 Å². The van der Waals surface area contributed by atoms with Crippen LogP contribution in [-0.2, 0) is 4.79 Å². The summed E-state index contributed by atoms with van der Waals surface area (Å²) in [5, 5.41) is 10.8. The van der Waals surface area contributed by atoms with Crippen molar-refractivity contribution in [1.82, 2.24) is 25.0 Å². The molecule has 0 saturated carbocycles. The third kappa shape index (κ3) is 1.51. The summed E-state index contributed by atoms with van der Waals surface area (Å²) in [4.78, 5) is 27.4. The number of amides is 3. The fraction of sp³-hybridized carbons (Fsp3) is 0.286. The molecule has 1 saturated heterocycles. The van der Waals surface area contributed by atoms with Crippen molar-refractivity contribution in [2.45, 2.75) is 12.2 Å². The molecular formula is C14H14N6O2. The number of nitrogens with one attached hydrogen (secondary N) is 1. The Labute approximate surface area is 126 Å². The molecule has 4 rings (SSSR count). The number of benzene rings is 1. The fourth-order valence-electron chi connectivity index (χ4n) is 3.10. The number of fused-ring (bicyclic) bond motifs is 3. The second-order valence-electron chi connectivity index (χ2n) is 5.43. The number of aromatic nitrogens is 3. The molecule has 1 aromatic heterocycles. The molecule has 0 bridgehead atoms. The zero-order valence-electron chi connectivity index (χ0n) is 12.1. The number of rotatable bonds is 1. The highest BCUT2D eigenvalue weighted by Gasteiger charge is 2.51. The van der Waals surface area contributed by atoms with Gasteiger partial charge >= 0.3 is 6.03 Å². The van der Waals surface area contributed by atoms with Gasteiger partial charge in [0.05, 0.1) is 0 Å². The van der Waals surface area contributed by atoms with Crippen LogP contribution in [0.5, 0.6) is 0 Å². The van der Waals surface area contributed by atoms with Crippen molar-refractivity contribution in [3.8, 4) is 11.4 Å². The monoisotopic (exact) mass is 298 g/mol. The highest BCUT2D eigenvalue weighted by atomic mass is 16.2. The van der Waals surface area contributed by atoms with E-state index in [0.29, 0.717) is 11.8 Å². The van der Waals surface area contributed by atoms with Crippen molar-refractivity contribution in [3.05, 3.63) is 30.3 Å². The van der Waals surface area contributed by atoms with E-state index < -0.39 is 18.2 Å². The SMILES string of the molecule is CN1C(=O)NC(=O)C2C1n1c(-c3ccccc3)nnc1N2C. The van der Waals surface area contributed by atoms with Gasteiger partial charge in [-0.15, -0.1) is 10.2 Å². The van der Waals surface area contributed by atoms with Gasteiger partial charge < -0.3 is 9.80 Å². The lowest BCUT2D eigenvalue weighted by molar-refractivity contribution is -0.124. The lowest BCUT2D eigenvalue weighted by Crippen LogP contribution is -2.60. The summed E-state index contributed by atoms with van der Waals surface area (Å²) in [5.74, 6) is 0.898. The molecule has 3 heterocycles. The zero-order valence-corrected chi connectivity index (χ0v) is 12.1. The third-order valence-corrected chi connectivity index (χ3v) is 4.21. The number of likely N-dealkylation sites (N-methyl/N-ethyl adjacent to an activating group) is 2. The van der Waals surface area contributed by atoms with E-state index in [9.17, 15) is 9.59 Å². The number of urea groups is 1. The van der Waals surface area contributed by atoms with E-state index in [1.807, 2.05) is 34.9 Å². The van der Waals surface area contributed by atoms with Gasteiger partial charge in [0.1, 0.15) is 6.17 Å². The first-order valence-electron chi connectivity index (χ1n) is 6.90. The van der Waals surface area contributed by atoms with Gasteiger partial charge in [-0.25, -0.2) is 4.79 Å². The Morgan fingerprint density at radius 1 is 1.05 bits per heavy atom. The lowest BCUT2D eigenvalue weighted by Gasteiger charge is -2.36. The molecule has 0 aliphatic carbocycles. The van der Waals surface area contributed by atoms with Crippen LogP contribution >= 0.6 is 0 Å². The molecule has 2 aromatic rings. The van der Waals surface area contributed by atoms with Gasteiger partial charge in [-0.1, -0.05) is 30.3 Å². The quantitative estimate of drug-likeness (QED) is 0.826. The first kappa shape index (κ1) is 12.8. The molecule has 112 valence electrons. The van der Waals surface area contributed by atoms with Crippen molar-refractivity contribution in [2.24, 2.45) is 0 Å². The minimum absolute atomic E-state index is 0.319. The van der Waals surface area contributed by atoms with Gasteiger partial charge in [-0.05, 0) is 0 Å².